The Morgan fingerprint density at radius 1 is 1.53 bits per heavy atom. The lowest BCUT2D eigenvalue weighted by Gasteiger charge is -2.12. The Morgan fingerprint density at radius 3 is 2.65 bits per heavy atom. The van der Waals surface area contributed by atoms with Crippen molar-refractivity contribution >= 4 is 21.7 Å². The topological polar surface area (TPSA) is 110 Å². The second kappa shape index (κ2) is 5.46. The predicted molar refractivity (Wildman–Crippen MR) is 58.3 cm³/mol. The van der Waals surface area contributed by atoms with E-state index in [9.17, 15) is 18.0 Å². The summed E-state index contributed by atoms with van der Waals surface area (Å²) in [5.41, 5.74) is 0. The van der Waals surface area contributed by atoms with Crippen molar-refractivity contribution in [1.29, 1.82) is 0 Å². The molecule has 2 N–H and O–H groups in total. The molecule has 7 nitrogen and oxygen atoms in total. The fraction of sp³-hybridized carbons (Fsp3) is 0.778. The summed E-state index contributed by atoms with van der Waals surface area (Å²) in [6.07, 6.45) is -0.671. The van der Waals surface area contributed by atoms with Gasteiger partial charge >= 0.3 is 5.97 Å². The van der Waals surface area contributed by atoms with E-state index in [1.165, 1.54) is 6.92 Å². The number of carboxylic acids is 1. The van der Waals surface area contributed by atoms with Crippen LogP contribution in [0, 0.1) is 0 Å². The number of nitrogens with one attached hydrogen (secondary N) is 1. The number of ether oxygens (including phenoxy) is 1. The Morgan fingerprint density at radius 2 is 2.18 bits per heavy atom. The van der Waals surface area contributed by atoms with Crippen molar-refractivity contribution < 1.29 is 27.9 Å². The molecule has 1 heterocycles. The second-order valence-corrected chi connectivity index (χ2v) is 6.19. The first-order valence-electron chi connectivity index (χ1n) is 5.14. The molecule has 2 atom stereocenters. The van der Waals surface area contributed by atoms with E-state index < -0.39 is 33.9 Å². The number of hydrogen-bond donors (Lipinski definition) is 2. The summed E-state index contributed by atoms with van der Waals surface area (Å²) in [6.45, 7) is 0.930. The van der Waals surface area contributed by atoms with Crippen molar-refractivity contribution in [3.8, 4) is 0 Å². The van der Waals surface area contributed by atoms with Gasteiger partial charge in [0.2, 0.25) is 5.91 Å². The Kier molecular flexibility index (Phi) is 4.47. The molecule has 0 aliphatic carbocycles. The van der Waals surface area contributed by atoms with Crippen molar-refractivity contribution in [3.05, 3.63) is 0 Å². The van der Waals surface area contributed by atoms with Gasteiger partial charge in [-0.1, -0.05) is 0 Å². The van der Waals surface area contributed by atoms with E-state index in [0.717, 1.165) is 0 Å². The van der Waals surface area contributed by atoms with Crippen LogP contribution >= 0.6 is 0 Å². The van der Waals surface area contributed by atoms with Gasteiger partial charge in [0.15, 0.2) is 15.9 Å². The van der Waals surface area contributed by atoms with Crippen LogP contribution in [-0.2, 0) is 24.2 Å². The van der Waals surface area contributed by atoms with Crippen LogP contribution < -0.4 is 5.32 Å². The zero-order valence-corrected chi connectivity index (χ0v) is 10.2. The van der Waals surface area contributed by atoms with Gasteiger partial charge in [-0.3, -0.25) is 4.79 Å². The van der Waals surface area contributed by atoms with Crippen molar-refractivity contribution in [3.63, 3.8) is 0 Å². The number of amides is 1. The van der Waals surface area contributed by atoms with E-state index in [1.54, 1.807) is 0 Å². The van der Waals surface area contributed by atoms with Crippen molar-refractivity contribution in [2.45, 2.75) is 25.5 Å². The maximum absolute atomic E-state index is 11.3. The van der Waals surface area contributed by atoms with Gasteiger partial charge in [-0.05, 0) is 13.3 Å². The van der Waals surface area contributed by atoms with Crippen molar-refractivity contribution in [2.24, 2.45) is 0 Å². The molecule has 8 heteroatoms. The third kappa shape index (κ3) is 4.70. The van der Waals surface area contributed by atoms with Crippen molar-refractivity contribution in [2.75, 3.05) is 18.1 Å². The first-order chi connectivity index (χ1) is 7.80. The maximum atomic E-state index is 11.3. The SMILES string of the molecule is CC(OCC(=O)NC1CCS(=O)(=O)C1)C(=O)O. The van der Waals surface area contributed by atoms with Gasteiger partial charge in [-0.2, -0.15) is 0 Å². The normalized spacial score (nSPS) is 24.2. The van der Waals surface area contributed by atoms with Crippen LogP contribution in [0.4, 0.5) is 0 Å². The smallest absolute Gasteiger partial charge is 0.332 e. The molecule has 98 valence electrons. The highest BCUT2D eigenvalue weighted by Gasteiger charge is 2.29. The molecule has 1 fully saturated rings. The molecule has 0 aromatic heterocycles. The summed E-state index contributed by atoms with van der Waals surface area (Å²) in [6, 6.07) is -0.392. The van der Waals surface area contributed by atoms with Gasteiger partial charge in [-0.15, -0.1) is 0 Å². The highest BCUT2D eigenvalue weighted by molar-refractivity contribution is 7.91. The van der Waals surface area contributed by atoms with Crippen LogP contribution in [0.2, 0.25) is 0 Å². The number of sulfone groups is 1. The molecular formula is C9H15NO6S. The molecule has 1 aliphatic rings. The molecule has 17 heavy (non-hydrogen) atoms. The summed E-state index contributed by atoms with van der Waals surface area (Å²) < 4.78 is 27.0. The second-order valence-electron chi connectivity index (χ2n) is 3.96. The quantitative estimate of drug-likeness (QED) is 0.644. The highest BCUT2D eigenvalue weighted by Crippen LogP contribution is 2.10. The van der Waals surface area contributed by atoms with Gasteiger partial charge < -0.3 is 15.2 Å². The molecule has 1 rings (SSSR count). The number of carboxylic acid groups (broad SMARTS) is 1. The lowest BCUT2D eigenvalue weighted by molar-refractivity contribution is -0.150. The molecule has 1 saturated heterocycles. The fourth-order valence-electron chi connectivity index (χ4n) is 1.45. The molecule has 0 bridgehead atoms. The molecule has 0 aromatic rings. The summed E-state index contributed by atoms with van der Waals surface area (Å²) in [4.78, 5) is 21.7. The van der Waals surface area contributed by atoms with E-state index in [1.807, 2.05) is 0 Å². The first-order valence-corrected chi connectivity index (χ1v) is 6.96. The monoisotopic (exact) mass is 265 g/mol. The lowest BCUT2D eigenvalue weighted by atomic mass is 10.2. The van der Waals surface area contributed by atoms with E-state index in [-0.39, 0.29) is 18.1 Å². The summed E-state index contributed by atoms with van der Waals surface area (Å²) >= 11 is 0. The van der Waals surface area contributed by atoms with Crippen LogP contribution in [0.5, 0.6) is 0 Å². The molecular weight excluding hydrogens is 250 g/mol. The zero-order chi connectivity index (χ0) is 13.1. The number of rotatable bonds is 5. The van der Waals surface area contributed by atoms with Crippen LogP contribution in [-0.4, -0.2) is 55.7 Å². The molecule has 0 aromatic carbocycles. The van der Waals surface area contributed by atoms with Crippen molar-refractivity contribution in [1.82, 2.24) is 5.32 Å². The van der Waals surface area contributed by atoms with Gasteiger partial charge in [-0.25, -0.2) is 13.2 Å². The highest BCUT2D eigenvalue weighted by atomic mass is 32.2. The summed E-state index contributed by atoms with van der Waals surface area (Å²) in [7, 11) is -3.04. The van der Waals surface area contributed by atoms with Crippen LogP contribution in [0.3, 0.4) is 0 Å². The number of hydrogen-bond acceptors (Lipinski definition) is 5. The van der Waals surface area contributed by atoms with Crippen LogP contribution in [0.1, 0.15) is 13.3 Å². The Hall–Kier alpha value is -1.15. The number of carbonyl (C=O) groups is 2. The number of carbonyl (C=O) groups excluding carboxylic acids is 1. The predicted octanol–water partition coefficient (Wildman–Crippen LogP) is -1.22. The first kappa shape index (κ1) is 13.9. The van der Waals surface area contributed by atoms with E-state index >= 15 is 0 Å². The van der Waals surface area contributed by atoms with Crippen LogP contribution in [0.25, 0.3) is 0 Å². The molecule has 0 radical (unpaired) electrons. The van der Waals surface area contributed by atoms with Gasteiger partial charge in [0.05, 0.1) is 11.5 Å². The Labute approximate surface area is 99.1 Å². The van der Waals surface area contributed by atoms with Gasteiger partial charge in [0.25, 0.3) is 0 Å². The van der Waals surface area contributed by atoms with E-state index in [2.05, 4.69) is 5.32 Å². The number of aliphatic carboxylic acids is 1. The minimum Gasteiger partial charge on any atom is -0.479 e. The van der Waals surface area contributed by atoms with Gasteiger partial charge in [0, 0.05) is 6.04 Å². The average molecular weight is 265 g/mol. The standard InChI is InChI=1S/C9H15NO6S/c1-6(9(12)13)16-4-8(11)10-7-2-3-17(14,15)5-7/h6-7H,2-5H2,1H3,(H,10,11)(H,12,13). The Balaban J connectivity index is 2.29. The molecule has 1 aliphatic heterocycles. The van der Waals surface area contributed by atoms with E-state index in [4.69, 9.17) is 9.84 Å². The average Bonchev–Trinajstić information content (AvgIpc) is 2.54. The Bertz CT molecular complexity index is 404. The third-order valence-corrected chi connectivity index (χ3v) is 4.18. The van der Waals surface area contributed by atoms with Gasteiger partial charge in [0.1, 0.15) is 6.61 Å². The zero-order valence-electron chi connectivity index (χ0n) is 9.38. The lowest BCUT2D eigenvalue weighted by Crippen LogP contribution is -2.39. The molecule has 0 saturated carbocycles. The molecule has 0 spiro atoms. The minimum absolute atomic E-state index is 0.0623. The maximum Gasteiger partial charge on any atom is 0.332 e. The summed E-state index contributed by atoms with van der Waals surface area (Å²) in [5.74, 6) is -1.64. The van der Waals surface area contributed by atoms with Crippen LogP contribution in [0.15, 0.2) is 0 Å². The fourth-order valence-corrected chi connectivity index (χ4v) is 3.12. The molecule has 2 unspecified atom stereocenters. The minimum atomic E-state index is -3.04. The largest absolute Gasteiger partial charge is 0.479 e. The van der Waals surface area contributed by atoms with E-state index in [0.29, 0.717) is 6.42 Å². The molecule has 1 amide bonds. The third-order valence-electron chi connectivity index (χ3n) is 2.41. The summed E-state index contributed by atoms with van der Waals surface area (Å²) in [5, 5.41) is 11.0.